The number of rotatable bonds is 3. The lowest BCUT2D eigenvalue weighted by Crippen LogP contribution is -2.49. The van der Waals surface area contributed by atoms with Gasteiger partial charge in [0.05, 0.1) is 12.7 Å². The van der Waals surface area contributed by atoms with Gasteiger partial charge in [0, 0.05) is 12.5 Å². The van der Waals surface area contributed by atoms with E-state index in [1.54, 1.807) is 7.11 Å². The molecular weight excluding hydrogens is 214 g/mol. The minimum Gasteiger partial charge on any atom is -0.496 e. The first-order chi connectivity index (χ1) is 8.13. The highest BCUT2D eigenvalue weighted by Crippen LogP contribution is 2.30. The first kappa shape index (κ1) is 12.4. The van der Waals surface area contributed by atoms with Crippen LogP contribution in [0.1, 0.15) is 18.9 Å². The van der Waals surface area contributed by atoms with Crippen molar-refractivity contribution in [2.45, 2.75) is 25.4 Å². The highest BCUT2D eigenvalue weighted by Gasteiger charge is 2.34. The normalized spacial score (nSPS) is 29.0. The molecule has 2 N–H and O–H groups in total. The van der Waals surface area contributed by atoms with E-state index in [-0.39, 0.29) is 5.92 Å². The quantitative estimate of drug-likeness (QED) is 0.836. The van der Waals surface area contributed by atoms with Gasteiger partial charge in [-0.15, -0.1) is 0 Å². The molecule has 1 heterocycles. The van der Waals surface area contributed by atoms with Gasteiger partial charge in [-0.2, -0.15) is 0 Å². The molecule has 3 heteroatoms. The van der Waals surface area contributed by atoms with E-state index in [0.29, 0.717) is 0 Å². The molecule has 0 radical (unpaired) electrons. The van der Waals surface area contributed by atoms with Crippen LogP contribution in [0.2, 0.25) is 0 Å². The SMILES string of the molecule is COc1ccccc1CC1CNCCC1(C)O. The molecule has 1 aromatic carbocycles. The van der Waals surface area contributed by atoms with Gasteiger partial charge in [0.2, 0.25) is 0 Å². The number of piperidine rings is 1. The summed E-state index contributed by atoms with van der Waals surface area (Å²) < 4.78 is 5.35. The van der Waals surface area contributed by atoms with Crippen molar-refractivity contribution < 1.29 is 9.84 Å². The highest BCUT2D eigenvalue weighted by molar-refractivity contribution is 5.33. The molecule has 1 aliphatic heterocycles. The van der Waals surface area contributed by atoms with Crippen LogP contribution in [0, 0.1) is 5.92 Å². The monoisotopic (exact) mass is 235 g/mol. The van der Waals surface area contributed by atoms with Gasteiger partial charge >= 0.3 is 0 Å². The number of ether oxygens (including phenoxy) is 1. The second-order valence-corrected chi connectivity index (χ2v) is 5.02. The highest BCUT2D eigenvalue weighted by atomic mass is 16.5. The molecule has 0 aromatic heterocycles. The van der Waals surface area contributed by atoms with E-state index < -0.39 is 5.60 Å². The molecule has 0 aliphatic carbocycles. The Morgan fingerprint density at radius 2 is 2.24 bits per heavy atom. The standard InChI is InChI=1S/C14H21NO2/c1-14(16)7-8-15-10-12(14)9-11-5-3-4-6-13(11)17-2/h3-6,12,15-16H,7-10H2,1-2H3. The van der Waals surface area contributed by atoms with Gasteiger partial charge in [0.25, 0.3) is 0 Å². The average Bonchev–Trinajstić information content (AvgIpc) is 2.32. The number of benzene rings is 1. The van der Waals surface area contributed by atoms with Crippen LogP contribution in [0.25, 0.3) is 0 Å². The van der Waals surface area contributed by atoms with Crippen LogP contribution < -0.4 is 10.1 Å². The lowest BCUT2D eigenvalue weighted by molar-refractivity contribution is -0.0235. The van der Waals surface area contributed by atoms with Crippen LogP contribution >= 0.6 is 0 Å². The van der Waals surface area contributed by atoms with E-state index in [1.165, 1.54) is 5.56 Å². The molecule has 0 saturated carbocycles. The van der Waals surface area contributed by atoms with Crippen LogP contribution in [-0.2, 0) is 6.42 Å². The van der Waals surface area contributed by atoms with Gasteiger partial charge in [-0.25, -0.2) is 0 Å². The van der Waals surface area contributed by atoms with Gasteiger partial charge in [-0.1, -0.05) is 18.2 Å². The minimum atomic E-state index is -0.577. The van der Waals surface area contributed by atoms with E-state index in [9.17, 15) is 5.11 Å². The number of hydrogen-bond acceptors (Lipinski definition) is 3. The maximum atomic E-state index is 10.4. The molecular formula is C14H21NO2. The number of methoxy groups -OCH3 is 1. The molecule has 1 aromatic rings. The predicted octanol–water partition coefficient (Wildman–Crippen LogP) is 1.60. The fourth-order valence-corrected chi connectivity index (χ4v) is 2.47. The van der Waals surface area contributed by atoms with Gasteiger partial charge in [-0.05, 0) is 37.9 Å². The molecule has 2 rings (SSSR count). The third-order valence-corrected chi connectivity index (χ3v) is 3.74. The zero-order chi connectivity index (χ0) is 12.3. The van der Waals surface area contributed by atoms with Crippen molar-refractivity contribution >= 4 is 0 Å². The van der Waals surface area contributed by atoms with E-state index in [2.05, 4.69) is 11.4 Å². The largest absolute Gasteiger partial charge is 0.496 e. The van der Waals surface area contributed by atoms with Gasteiger partial charge < -0.3 is 15.2 Å². The Hall–Kier alpha value is -1.06. The number of para-hydroxylation sites is 1. The van der Waals surface area contributed by atoms with E-state index in [4.69, 9.17) is 4.74 Å². The Kier molecular flexibility index (Phi) is 3.69. The molecule has 0 spiro atoms. The summed E-state index contributed by atoms with van der Waals surface area (Å²) in [6.45, 7) is 3.70. The predicted molar refractivity (Wildman–Crippen MR) is 68.3 cm³/mol. The van der Waals surface area contributed by atoms with Gasteiger partial charge in [0.15, 0.2) is 0 Å². The van der Waals surface area contributed by atoms with E-state index >= 15 is 0 Å². The summed E-state index contributed by atoms with van der Waals surface area (Å²) in [4.78, 5) is 0. The molecule has 2 unspecified atom stereocenters. The van der Waals surface area contributed by atoms with Crippen LogP contribution in [0.5, 0.6) is 5.75 Å². The van der Waals surface area contributed by atoms with Crippen molar-refractivity contribution in [3.63, 3.8) is 0 Å². The second-order valence-electron chi connectivity index (χ2n) is 5.02. The summed E-state index contributed by atoms with van der Waals surface area (Å²) >= 11 is 0. The van der Waals surface area contributed by atoms with Gasteiger partial charge in [0.1, 0.15) is 5.75 Å². The van der Waals surface area contributed by atoms with Gasteiger partial charge in [-0.3, -0.25) is 0 Å². The first-order valence-electron chi connectivity index (χ1n) is 6.18. The number of hydrogen-bond donors (Lipinski definition) is 2. The van der Waals surface area contributed by atoms with Crippen molar-refractivity contribution in [1.29, 1.82) is 0 Å². The smallest absolute Gasteiger partial charge is 0.122 e. The molecule has 94 valence electrons. The third kappa shape index (κ3) is 2.79. The Labute approximate surface area is 103 Å². The van der Waals surface area contributed by atoms with Crippen molar-refractivity contribution in [2.75, 3.05) is 20.2 Å². The lowest BCUT2D eigenvalue weighted by Gasteiger charge is -2.37. The zero-order valence-corrected chi connectivity index (χ0v) is 10.6. The summed E-state index contributed by atoms with van der Waals surface area (Å²) in [6.07, 6.45) is 1.66. The average molecular weight is 235 g/mol. The number of nitrogens with one attached hydrogen (secondary N) is 1. The Morgan fingerprint density at radius 1 is 1.47 bits per heavy atom. The summed E-state index contributed by atoms with van der Waals surface area (Å²) in [5.74, 6) is 1.15. The first-order valence-corrected chi connectivity index (χ1v) is 6.18. The van der Waals surface area contributed by atoms with Crippen LogP contribution in [0.15, 0.2) is 24.3 Å². The fourth-order valence-electron chi connectivity index (χ4n) is 2.47. The Balaban J connectivity index is 2.14. The second kappa shape index (κ2) is 5.07. The molecule has 2 atom stereocenters. The topological polar surface area (TPSA) is 41.5 Å². The number of aliphatic hydroxyl groups is 1. The van der Waals surface area contributed by atoms with Crippen LogP contribution in [0.4, 0.5) is 0 Å². The minimum absolute atomic E-state index is 0.243. The fraction of sp³-hybridized carbons (Fsp3) is 0.571. The molecule has 17 heavy (non-hydrogen) atoms. The summed E-state index contributed by atoms with van der Waals surface area (Å²) in [5, 5.41) is 13.7. The van der Waals surface area contributed by atoms with Crippen molar-refractivity contribution in [3.8, 4) is 5.75 Å². The van der Waals surface area contributed by atoms with Crippen LogP contribution in [0.3, 0.4) is 0 Å². The molecule has 3 nitrogen and oxygen atoms in total. The third-order valence-electron chi connectivity index (χ3n) is 3.74. The van der Waals surface area contributed by atoms with Crippen molar-refractivity contribution in [3.05, 3.63) is 29.8 Å². The summed E-state index contributed by atoms with van der Waals surface area (Å²) in [5.41, 5.74) is 0.593. The zero-order valence-electron chi connectivity index (χ0n) is 10.6. The van der Waals surface area contributed by atoms with Crippen LogP contribution in [-0.4, -0.2) is 30.9 Å². The molecule has 1 aliphatic rings. The molecule has 0 amide bonds. The van der Waals surface area contributed by atoms with Crippen molar-refractivity contribution in [1.82, 2.24) is 5.32 Å². The maximum absolute atomic E-state index is 10.4. The Bertz CT molecular complexity index is 376. The molecule has 1 fully saturated rings. The van der Waals surface area contributed by atoms with E-state index in [1.807, 2.05) is 25.1 Å². The molecule has 0 bridgehead atoms. The maximum Gasteiger partial charge on any atom is 0.122 e. The summed E-state index contributed by atoms with van der Waals surface area (Å²) in [6, 6.07) is 8.03. The lowest BCUT2D eigenvalue weighted by atomic mass is 9.79. The van der Waals surface area contributed by atoms with E-state index in [0.717, 1.165) is 31.7 Å². The molecule has 1 saturated heterocycles. The van der Waals surface area contributed by atoms with Crippen molar-refractivity contribution in [2.24, 2.45) is 5.92 Å². The Morgan fingerprint density at radius 3 is 2.94 bits per heavy atom. The summed E-state index contributed by atoms with van der Waals surface area (Å²) in [7, 11) is 1.69.